The molecule has 0 spiro atoms. The molecule has 1 amide bonds. The molecule has 0 aliphatic rings. The summed E-state index contributed by atoms with van der Waals surface area (Å²) in [4.78, 5) is 11.3. The second-order valence-corrected chi connectivity index (χ2v) is 4.02. The Morgan fingerprint density at radius 2 is 1.94 bits per heavy atom. The fourth-order valence-electron chi connectivity index (χ4n) is 1.28. The van der Waals surface area contributed by atoms with Crippen molar-refractivity contribution in [3.63, 3.8) is 0 Å². The summed E-state index contributed by atoms with van der Waals surface area (Å²) in [6.45, 7) is 4.13. The Labute approximate surface area is 95.5 Å². The summed E-state index contributed by atoms with van der Waals surface area (Å²) in [5, 5.41) is 11.8. The minimum absolute atomic E-state index is 0.0735. The molecule has 4 nitrogen and oxygen atoms in total. The lowest BCUT2D eigenvalue weighted by Gasteiger charge is -2.10. The summed E-state index contributed by atoms with van der Waals surface area (Å²) in [5.41, 5.74) is 7.05. The second kappa shape index (κ2) is 5.63. The SMILES string of the molecule is CC(C)c1ccc(NC(=O)C(O)CN)cc1. The number of carbonyl (C=O) groups is 1. The van der Waals surface area contributed by atoms with Gasteiger partial charge in [-0.1, -0.05) is 26.0 Å². The van der Waals surface area contributed by atoms with Crippen molar-refractivity contribution >= 4 is 11.6 Å². The molecule has 0 saturated carbocycles. The van der Waals surface area contributed by atoms with Crippen LogP contribution in [0.4, 0.5) is 5.69 Å². The maximum Gasteiger partial charge on any atom is 0.254 e. The molecule has 4 N–H and O–H groups in total. The summed E-state index contributed by atoms with van der Waals surface area (Å²) in [5.74, 6) is -0.0146. The van der Waals surface area contributed by atoms with E-state index < -0.39 is 12.0 Å². The lowest BCUT2D eigenvalue weighted by molar-refractivity contribution is -0.123. The molecule has 0 aliphatic carbocycles. The molecular formula is C12H18N2O2. The van der Waals surface area contributed by atoms with Crippen molar-refractivity contribution in [3.8, 4) is 0 Å². The van der Waals surface area contributed by atoms with Crippen LogP contribution in [-0.4, -0.2) is 23.7 Å². The Balaban J connectivity index is 2.65. The molecule has 4 heteroatoms. The Hall–Kier alpha value is -1.39. The minimum atomic E-state index is -1.15. The highest BCUT2D eigenvalue weighted by molar-refractivity contribution is 5.94. The van der Waals surface area contributed by atoms with Crippen molar-refractivity contribution in [2.75, 3.05) is 11.9 Å². The van der Waals surface area contributed by atoms with E-state index in [-0.39, 0.29) is 6.54 Å². The predicted octanol–water partition coefficient (Wildman–Crippen LogP) is 1.07. The van der Waals surface area contributed by atoms with E-state index in [2.05, 4.69) is 19.2 Å². The monoisotopic (exact) mass is 222 g/mol. The van der Waals surface area contributed by atoms with Gasteiger partial charge in [-0.25, -0.2) is 0 Å². The van der Waals surface area contributed by atoms with Crippen LogP contribution in [0.5, 0.6) is 0 Å². The molecule has 0 aliphatic heterocycles. The molecule has 88 valence electrons. The van der Waals surface area contributed by atoms with E-state index in [1.54, 1.807) is 0 Å². The number of aliphatic hydroxyl groups is 1. The van der Waals surface area contributed by atoms with Crippen LogP contribution in [0, 0.1) is 0 Å². The van der Waals surface area contributed by atoms with Gasteiger partial charge in [-0.15, -0.1) is 0 Å². The van der Waals surface area contributed by atoms with Gasteiger partial charge in [0.1, 0.15) is 6.10 Å². The molecular weight excluding hydrogens is 204 g/mol. The summed E-state index contributed by atoms with van der Waals surface area (Å²) in [6, 6.07) is 7.54. The molecule has 0 saturated heterocycles. The van der Waals surface area contributed by atoms with Crippen LogP contribution in [0.3, 0.4) is 0 Å². The molecule has 0 aromatic heterocycles. The zero-order chi connectivity index (χ0) is 12.1. The number of carbonyl (C=O) groups excluding carboxylic acids is 1. The fraction of sp³-hybridized carbons (Fsp3) is 0.417. The highest BCUT2D eigenvalue weighted by atomic mass is 16.3. The van der Waals surface area contributed by atoms with Crippen LogP contribution >= 0.6 is 0 Å². The van der Waals surface area contributed by atoms with Gasteiger partial charge in [0.25, 0.3) is 5.91 Å². The summed E-state index contributed by atoms with van der Waals surface area (Å²) in [7, 11) is 0. The first-order chi connectivity index (χ1) is 7.54. The van der Waals surface area contributed by atoms with E-state index in [0.29, 0.717) is 11.6 Å². The molecule has 1 atom stereocenters. The van der Waals surface area contributed by atoms with Gasteiger partial charge in [0.2, 0.25) is 0 Å². The average Bonchev–Trinajstić information content (AvgIpc) is 2.28. The molecule has 0 heterocycles. The number of hydrogen-bond acceptors (Lipinski definition) is 3. The van der Waals surface area contributed by atoms with Crippen molar-refractivity contribution in [2.24, 2.45) is 5.73 Å². The molecule has 16 heavy (non-hydrogen) atoms. The van der Waals surface area contributed by atoms with Gasteiger partial charge < -0.3 is 16.2 Å². The first kappa shape index (κ1) is 12.7. The van der Waals surface area contributed by atoms with Gasteiger partial charge in [-0.2, -0.15) is 0 Å². The molecule has 1 aromatic carbocycles. The van der Waals surface area contributed by atoms with E-state index >= 15 is 0 Å². The number of amides is 1. The lowest BCUT2D eigenvalue weighted by atomic mass is 10.0. The standard InChI is InChI=1S/C12H18N2O2/c1-8(2)9-3-5-10(6-4-9)14-12(16)11(15)7-13/h3-6,8,11,15H,7,13H2,1-2H3,(H,14,16). The number of aliphatic hydroxyl groups excluding tert-OH is 1. The Morgan fingerprint density at radius 3 is 2.38 bits per heavy atom. The third-order valence-corrected chi connectivity index (χ3v) is 2.37. The van der Waals surface area contributed by atoms with Crippen LogP contribution in [0.25, 0.3) is 0 Å². The summed E-state index contributed by atoms with van der Waals surface area (Å²) in [6.07, 6.45) is -1.15. The quantitative estimate of drug-likeness (QED) is 0.713. The Kier molecular flexibility index (Phi) is 4.46. The topological polar surface area (TPSA) is 75.3 Å². The van der Waals surface area contributed by atoms with Crippen molar-refractivity contribution in [1.29, 1.82) is 0 Å². The normalized spacial score (nSPS) is 12.6. The molecule has 1 aromatic rings. The van der Waals surface area contributed by atoms with Gasteiger partial charge in [0.05, 0.1) is 0 Å². The molecule has 0 fully saturated rings. The van der Waals surface area contributed by atoms with E-state index in [1.165, 1.54) is 5.56 Å². The van der Waals surface area contributed by atoms with Crippen LogP contribution in [-0.2, 0) is 4.79 Å². The van der Waals surface area contributed by atoms with Crippen LogP contribution in [0.1, 0.15) is 25.3 Å². The Bertz CT molecular complexity index is 347. The largest absolute Gasteiger partial charge is 0.382 e. The third kappa shape index (κ3) is 3.32. The van der Waals surface area contributed by atoms with Crippen LogP contribution < -0.4 is 11.1 Å². The average molecular weight is 222 g/mol. The van der Waals surface area contributed by atoms with Gasteiger partial charge in [-0.05, 0) is 23.6 Å². The van der Waals surface area contributed by atoms with E-state index in [9.17, 15) is 9.90 Å². The number of anilines is 1. The zero-order valence-electron chi connectivity index (χ0n) is 9.60. The van der Waals surface area contributed by atoms with Crippen molar-refractivity contribution in [3.05, 3.63) is 29.8 Å². The van der Waals surface area contributed by atoms with Gasteiger partial charge in [-0.3, -0.25) is 4.79 Å². The molecule has 0 bridgehead atoms. The van der Waals surface area contributed by atoms with E-state index in [1.807, 2.05) is 24.3 Å². The molecule has 0 radical (unpaired) electrons. The van der Waals surface area contributed by atoms with Gasteiger partial charge >= 0.3 is 0 Å². The highest BCUT2D eigenvalue weighted by Crippen LogP contribution is 2.17. The van der Waals surface area contributed by atoms with Crippen molar-refractivity contribution in [2.45, 2.75) is 25.9 Å². The maximum absolute atomic E-state index is 11.3. The Morgan fingerprint density at radius 1 is 1.38 bits per heavy atom. The number of rotatable bonds is 4. The van der Waals surface area contributed by atoms with Gasteiger partial charge in [0.15, 0.2) is 0 Å². The predicted molar refractivity (Wildman–Crippen MR) is 64.2 cm³/mol. The maximum atomic E-state index is 11.3. The number of nitrogens with one attached hydrogen (secondary N) is 1. The number of hydrogen-bond donors (Lipinski definition) is 3. The van der Waals surface area contributed by atoms with E-state index in [4.69, 9.17) is 5.73 Å². The summed E-state index contributed by atoms with van der Waals surface area (Å²) >= 11 is 0. The molecule has 1 rings (SSSR count). The highest BCUT2D eigenvalue weighted by Gasteiger charge is 2.12. The lowest BCUT2D eigenvalue weighted by Crippen LogP contribution is -2.34. The van der Waals surface area contributed by atoms with Crippen LogP contribution in [0.15, 0.2) is 24.3 Å². The first-order valence-electron chi connectivity index (χ1n) is 5.33. The van der Waals surface area contributed by atoms with Crippen molar-refractivity contribution in [1.82, 2.24) is 0 Å². The first-order valence-corrected chi connectivity index (χ1v) is 5.33. The van der Waals surface area contributed by atoms with Gasteiger partial charge in [0, 0.05) is 12.2 Å². The smallest absolute Gasteiger partial charge is 0.254 e. The van der Waals surface area contributed by atoms with E-state index in [0.717, 1.165) is 0 Å². The number of nitrogens with two attached hydrogens (primary N) is 1. The molecule has 1 unspecified atom stereocenters. The zero-order valence-corrected chi connectivity index (χ0v) is 9.60. The fourth-order valence-corrected chi connectivity index (χ4v) is 1.28. The van der Waals surface area contributed by atoms with Crippen molar-refractivity contribution < 1.29 is 9.90 Å². The summed E-state index contributed by atoms with van der Waals surface area (Å²) < 4.78 is 0. The van der Waals surface area contributed by atoms with Crippen LogP contribution in [0.2, 0.25) is 0 Å². The third-order valence-electron chi connectivity index (χ3n) is 2.37. The second-order valence-electron chi connectivity index (χ2n) is 4.02. The minimum Gasteiger partial charge on any atom is -0.382 e. The number of benzene rings is 1.